The maximum Gasteiger partial charge on any atom is 0.244 e. The van der Waals surface area contributed by atoms with Crippen molar-refractivity contribution in [3.8, 4) is 11.8 Å². The molecule has 1 N–H and O–H groups in total. The van der Waals surface area contributed by atoms with Crippen LogP contribution in [0, 0.1) is 17.7 Å². The van der Waals surface area contributed by atoms with Crippen molar-refractivity contribution >= 4 is 10.0 Å². The molecule has 0 spiro atoms. The van der Waals surface area contributed by atoms with E-state index in [1.54, 1.807) is 6.92 Å². The molecule has 0 aromatic heterocycles. The zero-order valence-corrected chi connectivity index (χ0v) is 13.2. The molecule has 0 aliphatic rings. The second kappa shape index (κ2) is 7.55. The third kappa shape index (κ3) is 4.27. The molecule has 0 radical (unpaired) electrons. The van der Waals surface area contributed by atoms with Gasteiger partial charge in [-0.25, -0.2) is 12.8 Å². The molecule has 0 amide bonds. The first-order valence-corrected chi connectivity index (χ1v) is 8.16. The fourth-order valence-corrected chi connectivity index (χ4v) is 3.25. The molecule has 0 saturated carbocycles. The number of halogens is 1. The van der Waals surface area contributed by atoms with Crippen molar-refractivity contribution in [3.63, 3.8) is 0 Å². The van der Waals surface area contributed by atoms with Gasteiger partial charge in [-0.15, -0.1) is 0 Å². The minimum Gasteiger partial charge on any atom is -0.395 e. The van der Waals surface area contributed by atoms with Crippen LogP contribution < -0.4 is 0 Å². The fraction of sp³-hybridized carbons (Fsp3) is 0.467. The predicted molar refractivity (Wildman–Crippen MR) is 79.7 cm³/mol. The van der Waals surface area contributed by atoms with E-state index in [9.17, 15) is 12.8 Å². The Hall–Kier alpha value is -1.42. The molecule has 0 heterocycles. The number of nitrogens with zero attached hydrogens (tertiary/aromatic N) is 1. The summed E-state index contributed by atoms with van der Waals surface area (Å²) in [6, 6.07) is 3.27. The van der Waals surface area contributed by atoms with Crippen molar-refractivity contribution in [1.29, 1.82) is 0 Å². The monoisotopic (exact) mass is 313 g/mol. The van der Waals surface area contributed by atoms with Crippen molar-refractivity contribution < 1.29 is 17.9 Å². The quantitative estimate of drug-likeness (QED) is 0.846. The lowest BCUT2D eigenvalue weighted by atomic mass is 10.2. The van der Waals surface area contributed by atoms with Gasteiger partial charge >= 0.3 is 0 Å². The molecule has 0 aliphatic carbocycles. The summed E-state index contributed by atoms with van der Waals surface area (Å²) < 4.78 is 39.8. The summed E-state index contributed by atoms with van der Waals surface area (Å²) in [5, 5.41) is 8.72. The SMILES string of the molecule is CCC(C)N(C)S(=O)(=O)c1ccc(F)cc1C#CCCO. The number of hydrogen-bond acceptors (Lipinski definition) is 3. The Morgan fingerprint density at radius 3 is 2.67 bits per heavy atom. The average Bonchev–Trinajstić information content (AvgIpc) is 2.45. The smallest absolute Gasteiger partial charge is 0.244 e. The molecular formula is C15H20FNO3S. The van der Waals surface area contributed by atoms with Gasteiger partial charge in [0.15, 0.2) is 0 Å². The van der Waals surface area contributed by atoms with E-state index in [0.29, 0.717) is 6.42 Å². The Balaban J connectivity index is 3.33. The maximum absolute atomic E-state index is 13.3. The van der Waals surface area contributed by atoms with Crippen LogP contribution in [0.4, 0.5) is 4.39 Å². The average molecular weight is 313 g/mol. The number of aliphatic hydroxyl groups is 1. The highest BCUT2D eigenvalue weighted by molar-refractivity contribution is 7.89. The number of sulfonamides is 1. The van der Waals surface area contributed by atoms with Gasteiger partial charge in [-0.05, 0) is 31.5 Å². The lowest BCUT2D eigenvalue weighted by Crippen LogP contribution is -2.35. The van der Waals surface area contributed by atoms with Crippen LogP contribution in [-0.4, -0.2) is 37.5 Å². The molecule has 1 rings (SSSR count). The van der Waals surface area contributed by atoms with Crippen LogP contribution in [0.15, 0.2) is 23.1 Å². The maximum atomic E-state index is 13.3. The summed E-state index contributed by atoms with van der Waals surface area (Å²) in [6.45, 7) is 3.57. The minimum absolute atomic E-state index is 0.0165. The third-order valence-electron chi connectivity index (χ3n) is 3.27. The summed E-state index contributed by atoms with van der Waals surface area (Å²) in [5.74, 6) is 4.69. The number of benzene rings is 1. The summed E-state index contributed by atoms with van der Waals surface area (Å²) in [5.41, 5.74) is 0.110. The Morgan fingerprint density at radius 1 is 1.43 bits per heavy atom. The van der Waals surface area contributed by atoms with E-state index in [0.717, 1.165) is 12.1 Å². The van der Waals surface area contributed by atoms with Gasteiger partial charge in [-0.2, -0.15) is 4.31 Å². The molecule has 0 fully saturated rings. The largest absolute Gasteiger partial charge is 0.395 e. The molecule has 1 atom stereocenters. The van der Waals surface area contributed by atoms with E-state index in [4.69, 9.17) is 5.11 Å². The van der Waals surface area contributed by atoms with E-state index in [2.05, 4.69) is 11.8 Å². The molecule has 1 unspecified atom stereocenters. The highest BCUT2D eigenvalue weighted by atomic mass is 32.2. The molecule has 116 valence electrons. The van der Waals surface area contributed by atoms with Gasteiger partial charge in [-0.3, -0.25) is 0 Å². The molecular weight excluding hydrogens is 293 g/mol. The van der Waals surface area contributed by atoms with Gasteiger partial charge in [0.05, 0.1) is 11.5 Å². The normalized spacial score (nSPS) is 12.9. The van der Waals surface area contributed by atoms with Gasteiger partial charge in [-0.1, -0.05) is 18.8 Å². The highest BCUT2D eigenvalue weighted by Crippen LogP contribution is 2.22. The second-order valence-corrected chi connectivity index (χ2v) is 6.66. The van der Waals surface area contributed by atoms with Gasteiger partial charge < -0.3 is 5.11 Å². The summed E-state index contributed by atoms with van der Waals surface area (Å²) in [6.07, 6.45) is 0.875. The van der Waals surface area contributed by atoms with Crippen LogP contribution in [0.1, 0.15) is 32.3 Å². The molecule has 0 bridgehead atoms. The van der Waals surface area contributed by atoms with E-state index >= 15 is 0 Å². The van der Waals surface area contributed by atoms with Crippen LogP contribution in [0.25, 0.3) is 0 Å². The number of rotatable bonds is 5. The number of aliphatic hydroxyl groups excluding tert-OH is 1. The Morgan fingerprint density at radius 2 is 2.10 bits per heavy atom. The summed E-state index contributed by atoms with van der Waals surface area (Å²) >= 11 is 0. The molecule has 0 saturated heterocycles. The Labute approximate surface area is 125 Å². The lowest BCUT2D eigenvalue weighted by molar-refractivity contribution is 0.305. The first-order valence-electron chi connectivity index (χ1n) is 6.71. The van der Waals surface area contributed by atoms with Crippen LogP contribution in [0.2, 0.25) is 0 Å². The summed E-state index contributed by atoms with van der Waals surface area (Å²) in [7, 11) is -2.24. The van der Waals surface area contributed by atoms with E-state index < -0.39 is 15.8 Å². The second-order valence-electron chi connectivity index (χ2n) is 4.69. The molecule has 1 aromatic carbocycles. The highest BCUT2D eigenvalue weighted by Gasteiger charge is 2.26. The van der Waals surface area contributed by atoms with Crippen molar-refractivity contribution in [1.82, 2.24) is 4.31 Å². The molecule has 4 nitrogen and oxygen atoms in total. The first kappa shape index (κ1) is 17.6. The summed E-state index contributed by atoms with van der Waals surface area (Å²) in [4.78, 5) is -0.0165. The topological polar surface area (TPSA) is 57.6 Å². The van der Waals surface area contributed by atoms with Crippen LogP contribution >= 0.6 is 0 Å². The van der Waals surface area contributed by atoms with Crippen molar-refractivity contribution in [2.75, 3.05) is 13.7 Å². The standard InChI is InChI=1S/C15H20FNO3S/c1-4-12(2)17(3)21(19,20)15-9-8-14(16)11-13(15)7-5-6-10-18/h8-9,11-12,18H,4,6,10H2,1-3H3. The molecule has 6 heteroatoms. The predicted octanol–water partition coefficient (Wildman–Crippen LogP) is 1.98. The zero-order chi connectivity index (χ0) is 16.0. The van der Waals surface area contributed by atoms with Gasteiger partial charge in [0.25, 0.3) is 0 Å². The van der Waals surface area contributed by atoms with Crippen LogP contribution in [-0.2, 0) is 10.0 Å². The van der Waals surface area contributed by atoms with Gasteiger partial charge in [0, 0.05) is 25.1 Å². The van der Waals surface area contributed by atoms with E-state index in [1.165, 1.54) is 17.4 Å². The Kier molecular flexibility index (Phi) is 6.34. The molecule has 21 heavy (non-hydrogen) atoms. The van der Waals surface area contributed by atoms with Crippen LogP contribution in [0.3, 0.4) is 0 Å². The van der Waals surface area contributed by atoms with E-state index in [1.807, 2.05) is 6.92 Å². The van der Waals surface area contributed by atoms with E-state index in [-0.39, 0.29) is 29.5 Å². The lowest BCUT2D eigenvalue weighted by Gasteiger charge is -2.23. The molecule has 0 aliphatic heterocycles. The van der Waals surface area contributed by atoms with Gasteiger partial charge in [0.1, 0.15) is 5.82 Å². The number of hydrogen-bond donors (Lipinski definition) is 1. The minimum atomic E-state index is -3.73. The van der Waals surface area contributed by atoms with Gasteiger partial charge in [0.2, 0.25) is 10.0 Å². The van der Waals surface area contributed by atoms with Crippen LogP contribution in [0.5, 0.6) is 0 Å². The van der Waals surface area contributed by atoms with Crippen molar-refractivity contribution in [2.45, 2.75) is 37.6 Å². The molecule has 1 aromatic rings. The zero-order valence-electron chi connectivity index (χ0n) is 12.4. The third-order valence-corrected chi connectivity index (χ3v) is 5.30. The first-order chi connectivity index (χ1) is 9.84. The van der Waals surface area contributed by atoms with Crippen molar-refractivity contribution in [3.05, 3.63) is 29.6 Å². The van der Waals surface area contributed by atoms with Crippen molar-refractivity contribution in [2.24, 2.45) is 0 Å². The fourth-order valence-electron chi connectivity index (χ4n) is 1.69. The Bertz CT molecular complexity index is 647.